The lowest BCUT2D eigenvalue weighted by atomic mass is 9.79. The van der Waals surface area contributed by atoms with E-state index in [1.807, 2.05) is 6.07 Å². The lowest BCUT2D eigenvalue weighted by Gasteiger charge is -2.29. The number of hydrogen-bond acceptors (Lipinski definition) is 3. The third-order valence-corrected chi connectivity index (χ3v) is 5.29. The van der Waals surface area contributed by atoms with E-state index in [1.165, 1.54) is 16.7 Å². The monoisotopic (exact) mass is 367 g/mol. The molecule has 0 spiro atoms. The molecule has 0 unspecified atom stereocenters. The zero-order valence-electron chi connectivity index (χ0n) is 16.7. The van der Waals surface area contributed by atoms with Crippen molar-refractivity contribution in [3.05, 3.63) is 53.6 Å². The van der Waals surface area contributed by atoms with Crippen LogP contribution < -0.4 is 0 Å². The SMILES string of the molecule is CC(C)(C)c1cc(CCn2ccc3ncnc-3c2)cc(C(C)(C)C)c1S. The Morgan fingerprint density at radius 2 is 1.50 bits per heavy atom. The molecule has 4 heteroatoms. The second kappa shape index (κ2) is 6.73. The minimum atomic E-state index is 0.0734. The maximum absolute atomic E-state index is 4.90. The second-order valence-electron chi connectivity index (χ2n) is 9.12. The molecular formula is C22H29N3S. The summed E-state index contributed by atoms with van der Waals surface area (Å²) in [6.07, 6.45) is 6.75. The standard InChI is InChI=1S/C22H29N3S/c1-21(2,3)16-11-15(12-17(20(16)26)22(4,5)6)7-9-25-10-8-18-19(13-25)24-14-23-18/h8,10-14,26H,7,9H2,1-6H3. The van der Waals surface area contributed by atoms with E-state index in [0.29, 0.717) is 0 Å². The Labute approximate surface area is 162 Å². The van der Waals surface area contributed by atoms with Crippen molar-refractivity contribution >= 4 is 12.6 Å². The summed E-state index contributed by atoms with van der Waals surface area (Å²) in [5.74, 6) is 0. The number of benzene rings is 1. The van der Waals surface area contributed by atoms with Gasteiger partial charge in [-0.25, -0.2) is 9.97 Å². The van der Waals surface area contributed by atoms with Crippen LogP contribution in [-0.2, 0) is 23.8 Å². The summed E-state index contributed by atoms with van der Waals surface area (Å²) in [6, 6.07) is 6.69. The van der Waals surface area contributed by atoms with Crippen molar-refractivity contribution in [2.24, 2.45) is 0 Å². The van der Waals surface area contributed by atoms with E-state index >= 15 is 0 Å². The van der Waals surface area contributed by atoms with Crippen LogP contribution in [0.15, 0.2) is 41.8 Å². The molecule has 2 aliphatic rings. The summed E-state index contributed by atoms with van der Waals surface area (Å²) < 4.78 is 2.19. The van der Waals surface area contributed by atoms with Crippen LogP contribution in [0.5, 0.6) is 0 Å². The molecule has 0 saturated heterocycles. The number of imidazole rings is 1. The number of rotatable bonds is 3. The first-order valence-corrected chi connectivity index (χ1v) is 9.64. The van der Waals surface area contributed by atoms with E-state index in [0.717, 1.165) is 29.2 Å². The first-order chi connectivity index (χ1) is 12.1. The third-order valence-electron chi connectivity index (χ3n) is 4.81. The molecule has 0 bridgehead atoms. The smallest absolute Gasteiger partial charge is 0.116 e. The first kappa shape index (κ1) is 19.0. The van der Waals surface area contributed by atoms with Gasteiger partial charge in [0.2, 0.25) is 0 Å². The van der Waals surface area contributed by atoms with Crippen LogP contribution in [0.4, 0.5) is 0 Å². The van der Waals surface area contributed by atoms with Crippen molar-refractivity contribution in [1.29, 1.82) is 0 Å². The van der Waals surface area contributed by atoms with Gasteiger partial charge in [0.05, 0.1) is 5.69 Å². The summed E-state index contributed by atoms with van der Waals surface area (Å²) in [5.41, 5.74) is 6.05. The average Bonchev–Trinajstić information content (AvgIpc) is 2.99. The average molecular weight is 368 g/mol. The Morgan fingerprint density at radius 1 is 0.923 bits per heavy atom. The van der Waals surface area contributed by atoms with E-state index in [4.69, 9.17) is 12.6 Å². The van der Waals surface area contributed by atoms with Crippen LogP contribution in [0.2, 0.25) is 0 Å². The first-order valence-electron chi connectivity index (χ1n) is 9.19. The number of aryl methyl sites for hydroxylation is 2. The summed E-state index contributed by atoms with van der Waals surface area (Å²) in [5, 5.41) is 0. The molecule has 1 aromatic rings. The molecule has 138 valence electrons. The van der Waals surface area contributed by atoms with Gasteiger partial charge in [-0.1, -0.05) is 53.7 Å². The maximum Gasteiger partial charge on any atom is 0.116 e. The molecule has 0 atom stereocenters. The molecule has 26 heavy (non-hydrogen) atoms. The molecule has 0 saturated carbocycles. The van der Waals surface area contributed by atoms with Crippen molar-refractivity contribution in [2.45, 2.75) is 70.2 Å². The molecule has 2 aliphatic heterocycles. The van der Waals surface area contributed by atoms with E-state index < -0.39 is 0 Å². The Balaban J connectivity index is 1.93. The van der Waals surface area contributed by atoms with Crippen molar-refractivity contribution in [3.8, 4) is 11.4 Å². The van der Waals surface area contributed by atoms with Gasteiger partial charge >= 0.3 is 0 Å². The van der Waals surface area contributed by atoms with Crippen LogP contribution >= 0.6 is 12.6 Å². The molecule has 0 aliphatic carbocycles. The van der Waals surface area contributed by atoms with Crippen LogP contribution in [0, 0.1) is 0 Å². The molecule has 3 rings (SSSR count). The van der Waals surface area contributed by atoms with Gasteiger partial charge in [0, 0.05) is 23.8 Å². The van der Waals surface area contributed by atoms with Gasteiger partial charge in [-0.3, -0.25) is 0 Å². The van der Waals surface area contributed by atoms with Crippen molar-refractivity contribution < 1.29 is 0 Å². The number of hydrogen-bond donors (Lipinski definition) is 1. The zero-order chi connectivity index (χ0) is 19.1. The van der Waals surface area contributed by atoms with E-state index in [9.17, 15) is 0 Å². The molecule has 3 nitrogen and oxygen atoms in total. The zero-order valence-corrected chi connectivity index (χ0v) is 17.6. The minimum absolute atomic E-state index is 0.0734. The van der Waals surface area contributed by atoms with Crippen LogP contribution in [0.3, 0.4) is 0 Å². The molecule has 0 amide bonds. The summed E-state index contributed by atoms with van der Waals surface area (Å²) in [7, 11) is 0. The van der Waals surface area contributed by atoms with Crippen LogP contribution in [0.1, 0.15) is 58.2 Å². The summed E-state index contributed by atoms with van der Waals surface area (Å²) in [6.45, 7) is 14.5. The quantitative estimate of drug-likeness (QED) is 0.619. The Morgan fingerprint density at radius 3 is 2.08 bits per heavy atom. The minimum Gasteiger partial charge on any atom is -0.352 e. The highest BCUT2D eigenvalue weighted by molar-refractivity contribution is 7.80. The Kier molecular flexibility index (Phi) is 4.91. The molecular weight excluding hydrogens is 338 g/mol. The van der Waals surface area contributed by atoms with Gasteiger partial charge in [0.15, 0.2) is 0 Å². The number of nitrogens with zero attached hydrogens (tertiary/aromatic N) is 3. The number of fused-ring (bicyclic) bond motifs is 1. The summed E-state index contributed by atoms with van der Waals surface area (Å²) in [4.78, 5) is 9.66. The van der Waals surface area contributed by atoms with Crippen molar-refractivity contribution in [1.82, 2.24) is 14.5 Å². The summed E-state index contributed by atoms with van der Waals surface area (Å²) >= 11 is 4.90. The second-order valence-corrected chi connectivity index (χ2v) is 9.56. The predicted molar refractivity (Wildman–Crippen MR) is 111 cm³/mol. The van der Waals surface area contributed by atoms with E-state index in [2.05, 4.69) is 80.6 Å². The normalized spacial score (nSPS) is 12.7. The molecule has 0 aromatic heterocycles. The lowest BCUT2D eigenvalue weighted by molar-refractivity contribution is 0.544. The highest BCUT2D eigenvalue weighted by atomic mass is 32.1. The number of aromatic nitrogens is 3. The van der Waals surface area contributed by atoms with Gasteiger partial charge < -0.3 is 4.57 Å². The molecule has 0 fully saturated rings. The van der Waals surface area contributed by atoms with E-state index in [-0.39, 0.29) is 10.8 Å². The lowest BCUT2D eigenvalue weighted by Crippen LogP contribution is -2.19. The van der Waals surface area contributed by atoms with E-state index in [1.54, 1.807) is 6.33 Å². The van der Waals surface area contributed by atoms with Crippen LogP contribution in [0.25, 0.3) is 11.4 Å². The predicted octanol–water partition coefficient (Wildman–Crippen LogP) is 5.51. The van der Waals surface area contributed by atoms with Crippen molar-refractivity contribution in [3.63, 3.8) is 0 Å². The maximum atomic E-state index is 4.90. The van der Waals surface area contributed by atoms with Gasteiger partial charge in [-0.05, 0) is 40.0 Å². The molecule has 0 N–H and O–H groups in total. The fraction of sp³-hybridized carbons (Fsp3) is 0.455. The van der Waals surface area contributed by atoms with Gasteiger partial charge in [0.1, 0.15) is 12.0 Å². The molecule has 1 aromatic carbocycles. The van der Waals surface area contributed by atoms with Gasteiger partial charge in [-0.2, -0.15) is 0 Å². The van der Waals surface area contributed by atoms with Crippen LogP contribution in [-0.4, -0.2) is 14.5 Å². The molecule has 2 heterocycles. The largest absolute Gasteiger partial charge is 0.352 e. The Bertz CT molecular complexity index is 846. The fourth-order valence-corrected chi connectivity index (χ4v) is 4.06. The topological polar surface area (TPSA) is 30.7 Å². The van der Waals surface area contributed by atoms with Crippen molar-refractivity contribution in [2.75, 3.05) is 0 Å². The molecule has 0 radical (unpaired) electrons. The van der Waals surface area contributed by atoms with Gasteiger partial charge in [0.25, 0.3) is 0 Å². The number of pyridine rings is 1. The van der Waals surface area contributed by atoms with Gasteiger partial charge in [-0.15, -0.1) is 12.6 Å². The fourth-order valence-electron chi connectivity index (χ4n) is 3.26. The third kappa shape index (κ3) is 3.96. The highest BCUT2D eigenvalue weighted by Gasteiger charge is 2.24. The number of thiol groups is 1. The Hall–Kier alpha value is -1.81. The highest BCUT2D eigenvalue weighted by Crippen LogP contribution is 2.37.